The first-order valence-corrected chi connectivity index (χ1v) is 18.9. The SMILES string of the molecule is [2H]C([2H])([2H])c1nc(C([2H])([2H])[2H])c2ccc3c(oc4c(-c5n(-c6c(C(C)C)cc(-c7ccc(-c8ccccc8)cc7)cc6C(C)C)c6c(C([2H])([2H])[2H])cccc6[n+]5C)c(C)cc(C([2H])([2H])[2H])c43)c2n1. The van der Waals surface area contributed by atoms with Crippen LogP contribution in [0.25, 0.3) is 83.2 Å². The van der Waals surface area contributed by atoms with E-state index in [4.69, 9.17) is 20.9 Å². The molecule has 6 aromatic carbocycles. The summed E-state index contributed by atoms with van der Waals surface area (Å²) in [5.41, 5.74) is 8.36. The van der Waals surface area contributed by atoms with E-state index in [9.17, 15) is 0 Å². The number of para-hydroxylation sites is 1. The van der Waals surface area contributed by atoms with Crippen LogP contribution in [0, 0.1) is 34.3 Å². The molecule has 0 spiro atoms. The first-order chi connectivity index (χ1) is 31.8. The van der Waals surface area contributed by atoms with Crippen molar-refractivity contribution in [1.29, 1.82) is 0 Å². The number of imidazole rings is 1. The van der Waals surface area contributed by atoms with Crippen LogP contribution in [0.2, 0.25) is 0 Å². The van der Waals surface area contributed by atoms with Gasteiger partial charge in [0.2, 0.25) is 0 Å². The Hall–Kier alpha value is -6.07. The number of furan rings is 1. The lowest BCUT2D eigenvalue weighted by Gasteiger charge is -2.21. The number of aryl methyl sites for hydroxylation is 6. The quantitative estimate of drug-likeness (QED) is 0.159. The van der Waals surface area contributed by atoms with Crippen molar-refractivity contribution in [3.63, 3.8) is 0 Å². The Kier molecular flexibility index (Phi) is 5.81. The molecule has 9 rings (SSSR count). The molecule has 0 unspecified atom stereocenters. The maximum absolute atomic E-state index is 8.88. The Morgan fingerprint density at radius 2 is 1.32 bits per heavy atom. The van der Waals surface area contributed by atoms with E-state index in [0.29, 0.717) is 28.0 Å². The van der Waals surface area contributed by atoms with Crippen LogP contribution in [0.15, 0.2) is 108 Å². The summed E-state index contributed by atoms with van der Waals surface area (Å²) in [6.45, 7) is -0.806. The topological polar surface area (TPSA) is 47.7 Å². The molecule has 0 bridgehead atoms. The second-order valence-electron chi connectivity index (χ2n) is 15.3. The highest BCUT2D eigenvalue weighted by molar-refractivity contribution is 6.17. The van der Waals surface area contributed by atoms with Crippen molar-refractivity contribution in [2.75, 3.05) is 0 Å². The summed E-state index contributed by atoms with van der Waals surface area (Å²) in [7, 11) is 1.84. The van der Waals surface area contributed by atoms with Crippen LogP contribution < -0.4 is 4.57 Å². The zero-order valence-corrected chi connectivity index (χ0v) is 32.2. The largest absolute Gasteiger partial charge is 0.453 e. The van der Waals surface area contributed by atoms with Crippen molar-refractivity contribution in [1.82, 2.24) is 14.5 Å². The third-order valence-corrected chi connectivity index (χ3v) is 11.1. The van der Waals surface area contributed by atoms with Gasteiger partial charge in [-0.25, -0.2) is 14.5 Å². The molecule has 0 atom stereocenters. The molecule has 0 aliphatic carbocycles. The van der Waals surface area contributed by atoms with Crippen molar-refractivity contribution in [3.05, 3.63) is 142 Å². The molecule has 3 heterocycles. The lowest BCUT2D eigenvalue weighted by atomic mass is 9.87. The van der Waals surface area contributed by atoms with E-state index in [-0.39, 0.29) is 55.8 Å². The number of hydrogen-bond donors (Lipinski definition) is 0. The Balaban J connectivity index is 1.45. The Labute approximate surface area is 346 Å². The summed E-state index contributed by atoms with van der Waals surface area (Å²) in [5, 5.41) is 0.494. The molecule has 0 aliphatic heterocycles. The van der Waals surface area contributed by atoms with E-state index in [0.717, 1.165) is 39.1 Å². The first-order valence-electron chi connectivity index (χ1n) is 24.9. The highest BCUT2D eigenvalue weighted by atomic mass is 16.3. The highest BCUT2D eigenvalue weighted by Gasteiger charge is 2.35. The molecule has 3 aromatic heterocycles. The van der Waals surface area contributed by atoms with Crippen LogP contribution >= 0.6 is 0 Å². The van der Waals surface area contributed by atoms with Crippen molar-refractivity contribution in [2.45, 2.75) is 73.9 Å². The third-order valence-electron chi connectivity index (χ3n) is 11.1. The minimum Gasteiger partial charge on any atom is -0.453 e. The van der Waals surface area contributed by atoms with E-state index in [1.807, 2.05) is 40.4 Å². The van der Waals surface area contributed by atoms with Gasteiger partial charge in [0.25, 0.3) is 5.82 Å². The van der Waals surface area contributed by atoms with E-state index in [1.165, 1.54) is 6.07 Å². The summed E-state index contributed by atoms with van der Waals surface area (Å²) in [5.74, 6) is -0.377. The van der Waals surface area contributed by atoms with Crippen molar-refractivity contribution in [2.24, 2.45) is 7.05 Å². The van der Waals surface area contributed by atoms with Gasteiger partial charge >= 0.3 is 0 Å². The molecule has 5 nitrogen and oxygen atoms in total. The number of rotatable bonds is 6. The van der Waals surface area contributed by atoms with Crippen LogP contribution in [0.5, 0.6) is 0 Å². The lowest BCUT2D eigenvalue weighted by molar-refractivity contribution is -0.633. The fraction of sp³-hybridized carbons (Fsp3) is 0.235. The third kappa shape index (κ3) is 5.47. The second kappa shape index (κ2) is 13.3. The van der Waals surface area contributed by atoms with Gasteiger partial charge < -0.3 is 4.42 Å². The zero-order valence-electron chi connectivity index (χ0n) is 44.2. The number of aromatic nitrogens is 4. The molecule has 0 fully saturated rings. The fourth-order valence-electron chi connectivity index (χ4n) is 8.38. The van der Waals surface area contributed by atoms with E-state index >= 15 is 0 Å². The standard InChI is InChI=1S/C51H49N4O/c1-28(2)41-26-38(37-21-19-36(20-22-37)35-16-12-11-13-17-35)27-42(29(3)4)48(41)55-47-30(5)15-14-18-43(47)54(10)51(55)45-32(7)25-31(6)44-40-24-23-39-33(8)52-34(9)53-46(39)49(40)56-50(44)45/h11-29H,1-10H3/q+1/i5D3,6D3,8D3,9D3. The predicted octanol–water partition coefficient (Wildman–Crippen LogP) is 13.1. The molecule has 0 radical (unpaired) electrons. The van der Waals surface area contributed by atoms with E-state index in [1.54, 1.807) is 31.2 Å². The fourth-order valence-corrected chi connectivity index (χ4v) is 8.38. The van der Waals surface area contributed by atoms with Crippen LogP contribution in [0.4, 0.5) is 0 Å². The zero-order chi connectivity index (χ0) is 49.2. The molecule has 278 valence electrons. The minimum absolute atomic E-state index is 0.0184. The van der Waals surface area contributed by atoms with Gasteiger partial charge in [0.1, 0.15) is 22.6 Å². The average molecular weight is 746 g/mol. The van der Waals surface area contributed by atoms with Crippen molar-refractivity contribution >= 4 is 43.9 Å². The van der Waals surface area contributed by atoms with Gasteiger partial charge in [-0.3, -0.25) is 0 Å². The van der Waals surface area contributed by atoms with E-state index < -0.39 is 38.9 Å². The molecule has 0 N–H and O–H groups in total. The van der Waals surface area contributed by atoms with Crippen LogP contribution in [0.1, 0.15) is 95.3 Å². The Morgan fingerprint density at radius 3 is 1.98 bits per heavy atom. The number of nitrogens with zero attached hydrogens (tertiary/aromatic N) is 4. The van der Waals surface area contributed by atoms with Gasteiger partial charge in [-0.2, -0.15) is 4.57 Å². The average Bonchev–Trinajstić information content (AvgIpc) is 3.79. The summed E-state index contributed by atoms with van der Waals surface area (Å²) >= 11 is 0. The molecule has 9 aromatic rings. The molecule has 5 heteroatoms. The first kappa shape index (κ1) is 24.4. The van der Waals surface area contributed by atoms with Gasteiger partial charge in [-0.15, -0.1) is 0 Å². The molecular formula is C51H49N4O+. The van der Waals surface area contributed by atoms with Crippen molar-refractivity contribution < 1.29 is 25.4 Å². The Morgan fingerprint density at radius 1 is 0.643 bits per heavy atom. The van der Waals surface area contributed by atoms with Crippen LogP contribution in [-0.2, 0) is 7.05 Å². The van der Waals surface area contributed by atoms with Gasteiger partial charge in [-0.05, 0) is 104 Å². The number of fused-ring (bicyclic) bond motifs is 6. The molecule has 0 saturated heterocycles. The van der Waals surface area contributed by atoms with Gasteiger partial charge in [0, 0.05) is 55.0 Å². The second-order valence-corrected chi connectivity index (χ2v) is 15.3. The van der Waals surface area contributed by atoms with Crippen LogP contribution in [0.3, 0.4) is 0 Å². The predicted molar refractivity (Wildman–Crippen MR) is 233 cm³/mol. The number of benzene rings is 6. The molecular weight excluding hydrogens is 685 g/mol. The van der Waals surface area contributed by atoms with E-state index in [2.05, 4.69) is 86.2 Å². The minimum atomic E-state index is -2.90. The van der Waals surface area contributed by atoms with Gasteiger partial charge in [0.15, 0.2) is 22.2 Å². The smallest absolute Gasteiger partial charge is 0.299 e. The van der Waals surface area contributed by atoms with Crippen molar-refractivity contribution in [3.8, 4) is 39.3 Å². The maximum Gasteiger partial charge on any atom is 0.299 e. The summed E-state index contributed by atoms with van der Waals surface area (Å²) in [4.78, 5) is 8.42. The molecule has 0 aliphatic rings. The molecule has 0 amide bonds. The molecule has 0 saturated carbocycles. The Bertz CT molecular complexity index is 3440. The summed E-state index contributed by atoms with van der Waals surface area (Å²) in [6.07, 6.45) is 0. The highest BCUT2D eigenvalue weighted by Crippen LogP contribution is 2.45. The van der Waals surface area contributed by atoms with Gasteiger partial charge in [-0.1, -0.05) is 107 Å². The van der Waals surface area contributed by atoms with Gasteiger partial charge in [0.05, 0.1) is 7.05 Å². The maximum atomic E-state index is 8.88. The lowest BCUT2D eigenvalue weighted by Crippen LogP contribution is -2.30. The molecule has 56 heavy (non-hydrogen) atoms. The number of hydrogen-bond acceptors (Lipinski definition) is 3. The normalized spacial score (nSPS) is 16.1. The monoisotopic (exact) mass is 745 g/mol. The summed E-state index contributed by atoms with van der Waals surface area (Å²) < 4.78 is 113. The van der Waals surface area contributed by atoms with Crippen LogP contribution in [-0.4, -0.2) is 14.5 Å². The summed E-state index contributed by atoms with van der Waals surface area (Å²) in [6, 6.07) is 32.7.